The molecule has 0 amide bonds. The first-order valence-corrected chi connectivity index (χ1v) is 7.61. The number of anilines is 1. The Morgan fingerprint density at radius 2 is 2.06 bits per heavy atom. The Morgan fingerprint density at radius 3 is 2.65 bits per heavy atom. The van der Waals surface area contributed by atoms with Crippen molar-refractivity contribution in [2.75, 3.05) is 5.32 Å². The molecule has 1 aromatic carbocycles. The van der Waals surface area contributed by atoms with Crippen LogP contribution in [0.25, 0.3) is 0 Å². The zero-order chi connectivity index (χ0) is 12.4. The van der Waals surface area contributed by atoms with Gasteiger partial charge in [-0.25, -0.2) is 0 Å². The first-order valence-electron chi connectivity index (χ1n) is 5.34. The lowest BCUT2D eigenvalue weighted by atomic mass is 10.2. The molecule has 0 saturated heterocycles. The van der Waals surface area contributed by atoms with Crippen LogP contribution in [-0.2, 0) is 0 Å². The van der Waals surface area contributed by atoms with E-state index in [-0.39, 0.29) is 6.04 Å². The summed E-state index contributed by atoms with van der Waals surface area (Å²) in [4.78, 5) is 1.26. The van der Waals surface area contributed by atoms with E-state index >= 15 is 0 Å². The van der Waals surface area contributed by atoms with Crippen molar-refractivity contribution in [1.29, 1.82) is 0 Å². The van der Waals surface area contributed by atoms with E-state index in [9.17, 15) is 0 Å². The minimum atomic E-state index is 0.283. The van der Waals surface area contributed by atoms with Crippen LogP contribution in [0.1, 0.15) is 23.4 Å². The van der Waals surface area contributed by atoms with Crippen molar-refractivity contribution in [3.63, 3.8) is 0 Å². The number of benzene rings is 1. The molecule has 0 aliphatic carbocycles. The number of hydrogen-bond donors (Lipinski definition) is 1. The summed E-state index contributed by atoms with van der Waals surface area (Å²) in [5.41, 5.74) is 2.46. The second kappa shape index (κ2) is 5.59. The number of aryl methyl sites for hydroxylation is 1. The van der Waals surface area contributed by atoms with Crippen molar-refractivity contribution in [3.8, 4) is 0 Å². The molecule has 2 aromatic rings. The number of halogens is 2. The summed E-state index contributed by atoms with van der Waals surface area (Å²) >= 11 is 9.92. The van der Waals surface area contributed by atoms with E-state index in [0.717, 1.165) is 10.0 Å². The van der Waals surface area contributed by atoms with Crippen LogP contribution in [0.2, 0.25) is 4.34 Å². The van der Waals surface area contributed by atoms with Gasteiger partial charge in [0, 0.05) is 14.1 Å². The van der Waals surface area contributed by atoms with Crippen LogP contribution < -0.4 is 5.32 Å². The maximum absolute atomic E-state index is 5.94. The first kappa shape index (κ1) is 13.2. The molecule has 0 bridgehead atoms. The highest BCUT2D eigenvalue weighted by atomic mass is 127. The summed E-state index contributed by atoms with van der Waals surface area (Å²) in [6, 6.07) is 10.7. The van der Waals surface area contributed by atoms with Gasteiger partial charge in [0.1, 0.15) is 0 Å². The van der Waals surface area contributed by atoms with Gasteiger partial charge in [0.05, 0.1) is 10.4 Å². The van der Waals surface area contributed by atoms with E-state index in [0.29, 0.717) is 0 Å². The largest absolute Gasteiger partial charge is 0.378 e. The van der Waals surface area contributed by atoms with E-state index in [2.05, 4.69) is 66.0 Å². The Kier molecular flexibility index (Phi) is 4.33. The van der Waals surface area contributed by atoms with Crippen LogP contribution >= 0.6 is 45.5 Å². The van der Waals surface area contributed by atoms with Gasteiger partial charge >= 0.3 is 0 Å². The molecule has 4 heteroatoms. The highest BCUT2D eigenvalue weighted by molar-refractivity contribution is 14.1. The van der Waals surface area contributed by atoms with Crippen molar-refractivity contribution < 1.29 is 0 Å². The molecule has 2 rings (SSSR count). The molecule has 0 radical (unpaired) electrons. The molecule has 1 heterocycles. The normalized spacial score (nSPS) is 12.5. The SMILES string of the molecule is Cc1ccc(NC(C)c2ccc(Cl)s2)cc1I. The maximum Gasteiger partial charge on any atom is 0.0932 e. The maximum atomic E-state index is 5.94. The topological polar surface area (TPSA) is 12.0 Å². The minimum Gasteiger partial charge on any atom is -0.378 e. The smallest absolute Gasteiger partial charge is 0.0932 e. The molecule has 17 heavy (non-hydrogen) atoms. The van der Waals surface area contributed by atoms with Gasteiger partial charge in [-0.1, -0.05) is 17.7 Å². The average molecular weight is 378 g/mol. The van der Waals surface area contributed by atoms with Crippen LogP contribution in [0.4, 0.5) is 5.69 Å². The number of nitrogens with one attached hydrogen (secondary N) is 1. The summed E-state index contributed by atoms with van der Waals surface area (Å²) < 4.78 is 2.12. The standard InChI is InChI=1S/C13H13ClINS/c1-8-3-4-10(7-11(8)15)16-9(2)12-5-6-13(14)17-12/h3-7,9,16H,1-2H3. The Morgan fingerprint density at radius 1 is 1.29 bits per heavy atom. The van der Waals surface area contributed by atoms with Crippen molar-refractivity contribution >= 4 is 51.2 Å². The first-order chi connectivity index (χ1) is 8.06. The minimum absolute atomic E-state index is 0.283. The Labute approximate surface area is 124 Å². The molecule has 0 fully saturated rings. The molecule has 90 valence electrons. The molecule has 0 saturated carbocycles. The van der Waals surface area contributed by atoms with E-state index in [1.165, 1.54) is 14.0 Å². The lowest BCUT2D eigenvalue weighted by Crippen LogP contribution is -2.04. The van der Waals surface area contributed by atoms with Gasteiger partial charge in [-0.05, 0) is 66.3 Å². The lowest BCUT2D eigenvalue weighted by Gasteiger charge is -2.14. The van der Waals surface area contributed by atoms with Gasteiger partial charge < -0.3 is 5.32 Å². The second-order valence-corrected chi connectivity index (χ2v) is 6.88. The highest BCUT2D eigenvalue weighted by Crippen LogP contribution is 2.29. The molecular weight excluding hydrogens is 365 g/mol. The fourth-order valence-corrected chi connectivity index (χ4v) is 3.14. The summed E-state index contributed by atoms with van der Waals surface area (Å²) in [5, 5.41) is 3.49. The zero-order valence-electron chi connectivity index (χ0n) is 9.63. The Bertz CT molecular complexity index is 524. The predicted molar refractivity (Wildman–Crippen MR) is 85.3 cm³/mol. The van der Waals surface area contributed by atoms with Gasteiger partial charge in [-0.2, -0.15) is 0 Å². The van der Waals surface area contributed by atoms with Crippen molar-refractivity contribution in [2.45, 2.75) is 19.9 Å². The Balaban J connectivity index is 2.12. The third-order valence-electron chi connectivity index (χ3n) is 2.58. The highest BCUT2D eigenvalue weighted by Gasteiger charge is 2.08. The van der Waals surface area contributed by atoms with Crippen LogP contribution in [0.15, 0.2) is 30.3 Å². The fraction of sp³-hybridized carbons (Fsp3) is 0.231. The molecule has 1 aromatic heterocycles. The van der Waals surface area contributed by atoms with E-state index in [1.54, 1.807) is 11.3 Å². The molecule has 1 unspecified atom stereocenters. The zero-order valence-corrected chi connectivity index (χ0v) is 13.4. The molecule has 0 aliphatic heterocycles. The molecular formula is C13H13ClINS. The van der Waals surface area contributed by atoms with Crippen molar-refractivity contribution in [1.82, 2.24) is 0 Å². The summed E-state index contributed by atoms with van der Waals surface area (Å²) in [5.74, 6) is 0. The van der Waals surface area contributed by atoms with Crippen LogP contribution in [0.5, 0.6) is 0 Å². The van der Waals surface area contributed by atoms with Crippen molar-refractivity contribution in [3.05, 3.63) is 48.7 Å². The quantitative estimate of drug-likeness (QED) is 0.698. The third-order valence-corrected chi connectivity index (χ3v) is 5.15. The number of hydrogen-bond acceptors (Lipinski definition) is 2. The van der Waals surface area contributed by atoms with Crippen LogP contribution in [-0.4, -0.2) is 0 Å². The summed E-state index contributed by atoms with van der Waals surface area (Å²) in [6.45, 7) is 4.27. The molecule has 0 aliphatic rings. The van der Waals surface area contributed by atoms with Gasteiger partial charge in [-0.3, -0.25) is 0 Å². The van der Waals surface area contributed by atoms with E-state index in [1.807, 2.05) is 6.07 Å². The van der Waals surface area contributed by atoms with Gasteiger partial charge in [0.2, 0.25) is 0 Å². The monoisotopic (exact) mass is 377 g/mol. The van der Waals surface area contributed by atoms with Gasteiger partial charge in [0.25, 0.3) is 0 Å². The van der Waals surface area contributed by atoms with Gasteiger partial charge in [0.15, 0.2) is 0 Å². The predicted octanol–water partition coefficient (Wildman–Crippen LogP) is 5.49. The number of thiophene rings is 1. The Hall–Kier alpha value is -0.260. The average Bonchev–Trinajstić information content (AvgIpc) is 2.70. The number of rotatable bonds is 3. The van der Waals surface area contributed by atoms with Crippen LogP contribution in [0, 0.1) is 10.5 Å². The van der Waals surface area contributed by atoms with Crippen LogP contribution in [0.3, 0.4) is 0 Å². The summed E-state index contributed by atoms with van der Waals surface area (Å²) in [7, 11) is 0. The molecule has 1 nitrogen and oxygen atoms in total. The molecule has 1 atom stereocenters. The summed E-state index contributed by atoms with van der Waals surface area (Å²) in [6.07, 6.45) is 0. The lowest BCUT2D eigenvalue weighted by molar-refractivity contribution is 0.908. The molecule has 1 N–H and O–H groups in total. The fourth-order valence-electron chi connectivity index (χ4n) is 1.56. The second-order valence-electron chi connectivity index (χ2n) is 3.97. The van der Waals surface area contributed by atoms with Crippen molar-refractivity contribution in [2.24, 2.45) is 0 Å². The third kappa shape index (κ3) is 3.36. The van der Waals surface area contributed by atoms with E-state index in [4.69, 9.17) is 11.6 Å². The van der Waals surface area contributed by atoms with Gasteiger partial charge in [-0.15, -0.1) is 11.3 Å². The molecule has 0 spiro atoms. The van der Waals surface area contributed by atoms with E-state index < -0.39 is 0 Å².